The fraction of sp³-hybridized carbons (Fsp3) is 0.455. The summed E-state index contributed by atoms with van der Waals surface area (Å²) < 4.78 is 18.1. The van der Waals surface area contributed by atoms with Crippen LogP contribution in [0.15, 0.2) is 30.3 Å². The second kappa shape index (κ2) is 9.69. The lowest BCUT2D eigenvalue weighted by Gasteiger charge is -2.43. The second-order valence-corrected chi connectivity index (χ2v) is 9.71. The van der Waals surface area contributed by atoms with Crippen molar-refractivity contribution >= 4 is 46.5 Å². The highest BCUT2D eigenvalue weighted by Gasteiger charge is 2.47. The lowest BCUT2D eigenvalue weighted by Crippen LogP contribution is -2.52. The number of hydrogen-bond donors (Lipinski definition) is 0. The molecule has 8 heteroatoms. The minimum atomic E-state index is -0.761. The summed E-state index contributed by atoms with van der Waals surface area (Å²) >= 11 is 14.0. The molecule has 1 fully saturated rings. The molecule has 1 aliphatic heterocycles. The predicted octanol–water partition coefficient (Wildman–Crippen LogP) is 5.61. The van der Waals surface area contributed by atoms with Crippen molar-refractivity contribution < 1.29 is 23.8 Å². The van der Waals surface area contributed by atoms with Crippen molar-refractivity contribution in [1.29, 1.82) is 0 Å². The van der Waals surface area contributed by atoms with E-state index in [4.69, 9.17) is 37.4 Å². The largest absolute Gasteiger partial charge is 0.458 e. The van der Waals surface area contributed by atoms with Gasteiger partial charge in [0.25, 0.3) is 0 Å². The smallest absolute Gasteiger partial charge is 0.303 e. The van der Waals surface area contributed by atoms with Gasteiger partial charge in [0.1, 0.15) is 12.2 Å². The van der Waals surface area contributed by atoms with Gasteiger partial charge in [-0.15, -0.1) is 11.3 Å². The standard InChI is InChI=1S/C22H24Cl2O5S/c1-11-12(2)27-21(22(29-14(4)26)20(11)28-13(3)25)15-5-7-18(23)16(9-15)10-17-6-8-19(24)30-17/h5-9,11-12,20-22H,10H2,1-4H3/t11-,12-,20+,21?,22-/m1/s1. The topological polar surface area (TPSA) is 61.8 Å². The molecule has 0 saturated carbocycles. The van der Waals surface area contributed by atoms with Crippen LogP contribution in [0.2, 0.25) is 9.36 Å². The van der Waals surface area contributed by atoms with E-state index in [2.05, 4.69) is 0 Å². The summed E-state index contributed by atoms with van der Waals surface area (Å²) in [6.07, 6.45) is -1.55. The van der Waals surface area contributed by atoms with Crippen molar-refractivity contribution in [3.05, 3.63) is 55.7 Å². The Kier molecular flexibility index (Phi) is 7.45. The van der Waals surface area contributed by atoms with Gasteiger partial charge in [0.15, 0.2) is 6.10 Å². The lowest BCUT2D eigenvalue weighted by molar-refractivity contribution is -0.222. The second-order valence-electron chi connectivity index (χ2n) is 7.50. The summed E-state index contributed by atoms with van der Waals surface area (Å²) in [6.45, 7) is 6.51. The number of rotatable bonds is 5. The highest BCUT2D eigenvalue weighted by molar-refractivity contribution is 7.16. The van der Waals surface area contributed by atoms with Crippen LogP contribution in [0, 0.1) is 5.92 Å². The van der Waals surface area contributed by atoms with Crippen molar-refractivity contribution in [2.45, 2.75) is 58.5 Å². The number of halogens is 2. The monoisotopic (exact) mass is 470 g/mol. The molecule has 0 aliphatic carbocycles. The van der Waals surface area contributed by atoms with Crippen molar-refractivity contribution in [3.63, 3.8) is 0 Å². The minimum absolute atomic E-state index is 0.144. The predicted molar refractivity (Wildman–Crippen MR) is 117 cm³/mol. The first kappa shape index (κ1) is 23.1. The summed E-state index contributed by atoms with van der Waals surface area (Å²) in [5.74, 6) is -1.03. The number of carbonyl (C=O) groups is 2. The van der Waals surface area contributed by atoms with Crippen molar-refractivity contribution in [2.75, 3.05) is 0 Å². The van der Waals surface area contributed by atoms with Crippen LogP contribution in [0.25, 0.3) is 0 Å². The molecule has 2 heterocycles. The first-order valence-electron chi connectivity index (χ1n) is 9.68. The van der Waals surface area contributed by atoms with E-state index >= 15 is 0 Å². The molecule has 30 heavy (non-hydrogen) atoms. The number of thiophene rings is 1. The van der Waals surface area contributed by atoms with Gasteiger partial charge >= 0.3 is 11.9 Å². The number of ether oxygens (including phenoxy) is 3. The highest BCUT2D eigenvalue weighted by Crippen LogP contribution is 2.40. The summed E-state index contributed by atoms with van der Waals surface area (Å²) in [4.78, 5) is 24.6. The molecule has 2 aromatic rings. The summed E-state index contributed by atoms with van der Waals surface area (Å²) in [6, 6.07) is 9.42. The zero-order valence-electron chi connectivity index (χ0n) is 17.2. The molecule has 1 aliphatic rings. The summed E-state index contributed by atoms with van der Waals surface area (Å²) in [7, 11) is 0. The quantitative estimate of drug-likeness (QED) is 0.531. The Hall–Kier alpha value is -1.60. The Labute approximate surface area is 190 Å². The van der Waals surface area contributed by atoms with Crippen LogP contribution < -0.4 is 0 Å². The first-order chi connectivity index (χ1) is 14.2. The molecule has 1 unspecified atom stereocenters. The van der Waals surface area contributed by atoms with Crippen molar-refractivity contribution in [1.82, 2.24) is 0 Å². The molecule has 5 nitrogen and oxygen atoms in total. The lowest BCUT2D eigenvalue weighted by atomic mass is 9.85. The SMILES string of the molecule is CC(=O)O[C@H]1[C@H](C)[C@@H](C)OC(c2ccc(Cl)c(Cc3ccc(Cl)s3)c2)[C@@H]1OC(C)=O. The third-order valence-corrected chi connectivity index (χ3v) is 6.84. The number of esters is 2. The molecule has 0 spiro atoms. The summed E-state index contributed by atoms with van der Waals surface area (Å²) in [5.41, 5.74) is 1.72. The Morgan fingerprint density at radius 1 is 1.03 bits per heavy atom. The molecule has 0 bridgehead atoms. The maximum absolute atomic E-state index is 11.8. The van der Waals surface area contributed by atoms with E-state index in [1.54, 1.807) is 6.07 Å². The maximum atomic E-state index is 11.8. The van der Waals surface area contributed by atoms with Gasteiger partial charge < -0.3 is 14.2 Å². The number of hydrogen-bond acceptors (Lipinski definition) is 6. The molecule has 1 saturated heterocycles. The van der Waals surface area contributed by atoms with Gasteiger partial charge in [-0.25, -0.2) is 0 Å². The minimum Gasteiger partial charge on any atom is -0.458 e. The van der Waals surface area contributed by atoms with Gasteiger partial charge in [-0.05, 0) is 36.2 Å². The highest BCUT2D eigenvalue weighted by atomic mass is 35.5. The van der Waals surface area contributed by atoms with Crippen molar-refractivity contribution in [2.24, 2.45) is 5.92 Å². The van der Waals surface area contributed by atoms with Crippen LogP contribution in [0.4, 0.5) is 0 Å². The van der Waals surface area contributed by atoms with Crippen LogP contribution in [0.5, 0.6) is 0 Å². The molecule has 0 radical (unpaired) electrons. The van der Waals surface area contributed by atoms with Gasteiger partial charge in [-0.2, -0.15) is 0 Å². The van der Waals surface area contributed by atoms with Crippen LogP contribution in [0.1, 0.15) is 49.8 Å². The third kappa shape index (κ3) is 5.35. The molecule has 162 valence electrons. The normalized spacial score (nSPS) is 26.3. The molecular weight excluding hydrogens is 447 g/mol. The van der Waals surface area contributed by atoms with E-state index in [0.29, 0.717) is 11.4 Å². The number of benzene rings is 1. The van der Waals surface area contributed by atoms with E-state index in [-0.39, 0.29) is 12.0 Å². The fourth-order valence-electron chi connectivity index (χ4n) is 3.67. The van der Waals surface area contributed by atoms with Gasteiger partial charge in [0.05, 0.1) is 10.4 Å². The van der Waals surface area contributed by atoms with Gasteiger partial charge in [-0.1, -0.05) is 42.3 Å². The zero-order chi connectivity index (χ0) is 22.0. The van der Waals surface area contributed by atoms with Crippen molar-refractivity contribution in [3.8, 4) is 0 Å². The van der Waals surface area contributed by atoms with E-state index in [1.165, 1.54) is 25.2 Å². The van der Waals surface area contributed by atoms with E-state index < -0.39 is 30.3 Å². The summed E-state index contributed by atoms with van der Waals surface area (Å²) in [5, 5.41) is 0.626. The molecule has 1 aromatic carbocycles. The molecule has 0 N–H and O–H groups in total. The van der Waals surface area contributed by atoms with Gasteiger partial charge in [-0.3, -0.25) is 9.59 Å². The van der Waals surface area contributed by atoms with Gasteiger partial charge in [0, 0.05) is 36.1 Å². The average Bonchev–Trinajstić information content (AvgIpc) is 3.07. The molecular formula is C22H24Cl2O5S. The van der Waals surface area contributed by atoms with Crippen LogP contribution >= 0.6 is 34.5 Å². The zero-order valence-corrected chi connectivity index (χ0v) is 19.5. The average molecular weight is 471 g/mol. The van der Waals surface area contributed by atoms with E-state index in [0.717, 1.165) is 20.3 Å². The molecule has 0 amide bonds. The van der Waals surface area contributed by atoms with E-state index in [9.17, 15) is 9.59 Å². The molecule has 1 aromatic heterocycles. The van der Waals surface area contributed by atoms with Gasteiger partial charge in [0.2, 0.25) is 0 Å². The Bertz CT molecular complexity index is 928. The van der Waals surface area contributed by atoms with Crippen LogP contribution in [0.3, 0.4) is 0 Å². The Balaban J connectivity index is 1.96. The molecule has 3 rings (SSSR count). The maximum Gasteiger partial charge on any atom is 0.303 e. The van der Waals surface area contributed by atoms with E-state index in [1.807, 2.05) is 38.1 Å². The Morgan fingerprint density at radius 2 is 1.70 bits per heavy atom. The van der Waals surface area contributed by atoms with Crippen LogP contribution in [-0.2, 0) is 30.2 Å². The first-order valence-corrected chi connectivity index (χ1v) is 11.3. The third-order valence-electron chi connectivity index (χ3n) is 5.24. The molecule has 5 atom stereocenters. The van der Waals surface area contributed by atoms with Crippen LogP contribution in [-0.4, -0.2) is 30.3 Å². The fourth-order valence-corrected chi connectivity index (χ4v) is 4.96. The Morgan fingerprint density at radius 3 is 2.30 bits per heavy atom. The number of carbonyl (C=O) groups excluding carboxylic acids is 2.